The van der Waals surface area contributed by atoms with E-state index < -0.39 is 6.09 Å². The van der Waals surface area contributed by atoms with Crippen molar-refractivity contribution >= 4 is 22.7 Å². The Kier molecular flexibility index (Phi) is 6.69. The van der Waals surface area contributed by atoms with Gasteiger partial charge < -0.3 is 13.9 Å². The summed E-state index contributed by atoms with van der Waals surface area (Å²) in [6.07, 6.45) is 6.63. The van der Waals surface area contributed by atoms with E-state index in [9.17, 15) is 10.1 Å². The van der Waals surface area contributed by atoms with Crippen LogP contribution in [-0.2, 0) is 4.74 Å². The lowest BCUT2D eigenvalue weighted by atomic mass is 10.0. The maximum Gasteiger partial charge on any atom is 0.411 e. The zero-order valence-corrected chi connectivity index (χ0v) is 19.9. The van der Waals surface area contributed by atoms with Gasteiger partial charge in [-0.1, -0.05) is 26.0 Å². The van der Waals surface area contributed by atoms with Crippen LogP contribution in [0.3, 0.4) is 0 Å². The molecule has 0 aliphatic carbocycles. The number of hydrogen-bond acceptors (Lipinski definition) is 4. The van der Waals surface area contributed by atoms with Gasteiger partial charge in [-0.2, -0.15) is 5.26 Å². The number of rotatable bonds is 7. The molecule has 0 saturated carbocycles. The number of anilines is 1. The lowest BCUT2D eigenvalue weighted by molar-refractivity contribution is 0.130. The number of benzene rings is 2. The van der Waals surface area contributed by atoms with Crippen molar-refractivity contribution < 1.29 is 9.53 Å². The number of nitriles is 1. The molecule has 1 amide bonds. The maximum atomic E-state index is 12.0. The summed E-state index contributed by atoms with van der Waals surface area (Å²) in [5.41, 5.74) is 5.12. The molecule has 0 aliphatic heterocycles. The fourth-order valence-electron chi connectivity index (χ4n) is 4.37. The Labute approximate surface area is 199 Å². The zero-order valence-electron chi connectivity index (χ0n) is 19.9. The maximum absolute atomic E-state index is 12.0. The van der Waals surface area contributed by atoms with E-state index in [1.54, 1.807) is 26.4 Å². The number of hydrogen-bond donors (Lipinski definition) is 1. The highest BCUT2D eigenvalue weighted by Crippen LogP contribution is 2.39. The number of ether oxygens (including phenoxy) is 1. The molecule has 0 saturated heterocycles. The van der Waals surface area contributed by atoms with Crippen molar-refractivity contribution in [1.29, 1.82) is 5.26 Å². The summed E-state index contributed by atoms with van der Waals surface area (Å²) in [5.74, 6) is 0. The van der Waals surface area contributed by atoms with Gasteiger partial charge >= 0.3 is 6.09 Å². The molecule has 2 aromatic heterocycles. The summed E-state index contributed by atoms with van der Waals surface area (Å²) in [5, 5.41) is 13.9. The highest BCUT2D eigenvalue weighted by molar-refractivity contribution is 5.96. The van der Waals surface area contributed by atoms with Crippen LogP contribution in [0, 0.1) is 11.3 Å². The lowest BCUT2D eigenvalue weighted by Crippen LogP contribution is -2.17. The number of amides is 1. The number of fused-ring (bicyclic) bond motifs is 1. The quantitative estimate of drug-likeness (QED) is 0.337. The minimum absolute atomic E-state index is 0.194. The van der Waals surface area contributed by atoms with Crippen LogP contribution in [0.1, 0.15) is 52.1 Å². The molecule has 0 unspecified atom stereocenters. The minimum atomic E-state index is -0.487. The topological polar surface area (TPSA) is 84.9 Å². The first-order valence-electron chi connectivity index (χ1n) is 11.6. The highest BCUT2D eigenvalue weighted by atomic mass is 16.6. The lowest BCUT2D eigenvalue weighted by Gasteiger charge is -2.21. The Balaban J connectivity index is 1.85. The first-order valence-corrected chi connectivity index (χ1v) is 11.6. The van der Waals surface area contributed by atoms with Gasteiger partial charge in [-0.15, -0.1) is 0 Å². The molecular weight excluding hydrogens is 426 g/mol. The number of nitrogens with zero attached hydrogens (tertiary/aromatic N) is 4. The largest absolute Gasteiger partial charge is 0.447 e. The Bertz CT molecular complexity index is 1320. The van der Waals surface area contributed by atoms with Gasteiger partial charge in [0.15, 0.2) is 0 Å². The molecule has 0 bridgehead atoms. The summed E-state index contributed by atoms with van der Waals surface area (Å²) >= 11 is 0. The predicted molar refractivity (Wildman–Crippen MR) is 134 cm³/mol. The average molecular weight is 456 g/mol. The molecule has 1 N–H and O–H groups in total. The van der Waals surface area contributed by atoms with Crippen LogP contribution in [0.15, 0.2) is 61.2 Å². The molecule has 7 heteroatoms. The Morgan fingerprint density at radius 3 is 2.47 bits per heavy atom. The second-order valence-electron chi connectivity index (χ2n) is 8.50. The van der Waals surface area contributed by atoms with Gasteiger partial charge in [-0.25, -0.2) is 9.78 Å². The van der Waals surface area contributed by atoms with Crippen molar-refractivity contribution in [1.82, 2.24) is 14.1 Å². The van der Waals surface area contributed by atoms with E-state index in [1.165, 1.54) is 0 Å². The van der Waals surface area contributed by atoms with Gasteiger partial charge in [0, 0.05) is 35.2 Å². The van der Waals surface area contributed by atoms with Crippen molar-refractivity contribution in [2.45, 2.75) is 52.7 Å². The third kappa shape index (κ3) is 4.40. The van der Waals surface area contributed by atoms with Gasteiger partial charge in [0.05, 0.1) is 29.2 Å². The fraction of sp³-hybridized carbons (Fsp3) is 0.296. The number of carbonyl (C=O) groups excluding carboxylic acids is 1. The Morgan fingerprint density at radius 1 is 1.15 bits per heavy atom. The predicted octanol–water partition coefficient (Wildman–Crippen LogP) is 6.68. The molecule has 0 atom stereocenters. The third-order valence-corrected chi connectivity index (χ3v) is 5.96. The monoisotopic (exact) mass is 455 g/mol. The van der Waals surface area contributed by atoms with Crippen LogP contribution < -0.4 is 5.32 Å². The third-order valence-electron chi connectivity index (χ3n) is 5.96. The second kappa shape index (κ2) is 9.84. The van der Waals surface area contributed by atoms with Crippen molar-refractivity contribution in [2.75, 3.05) is 5.32 Å². The molecule has 4 rings (SSSR count). The molecule has 0 aliphatic rings. The van der Waals surface area contributed by atoms with Gasteiger partial charge in [0.1, 0.15) is 6.07 Å². The summed E-state index contributed by atoms with van der Waals surface area (Å²) in [7, 11) is 0. The first kappa shape index (κ1) is 23.1. The first-order chi connectivity index (χ1) is 16.5. The van der Waals surface area contributed by atoms with E-state index in [2.05, 4.69) is 40.9 Å². The zero-order chi connectivity index (χ0) is 24.2. The SMILES string of the molecule is CCC(CC)n1c(-c2ccc(NC(=O)OC(C)C)cc2)c(C#N)c2ccc(-n3ccnc3)cc21. The summed E-state index contributed by atoms with van der Waals surface area (Å²) in [4.78, 5) is 16.1. The van der Waals surface area contributed by atoms with Crippen LogP contribution >= 0.6 is 0 Å². The van der Waals surface area contributed by atoms with Crippen LogP contribution in [0.2, 0.25) is 0 Å². The van der Waals surface area contributed by atoms with Crippen LogP contribution in [0.25, 0.3) is 27.8 Å². The van der Waals surface area contributed by atoms with E-state index in [4.69, 9.17) is 4.74 Å². The average Bonchev–Trinajstić information content (AvgIpc) is 3.46. The van der Waals surface area contributed by atoms with Crippen molar-refractivity contribution in [3.05, 3.63) is 66.7 Å². The fourth-order valence-corrected chi connectivity index (χ4v) is 4.37. The Morgan fingerprint density at radius 2 is 1.88 bits per heavy atom. The smallest absolute Gasteiger partial charge is 0.411 e. The number of carbonyl (C=O) groups is 1. The van der Waals surface area contributed by atoms with Crippen molar-refractivity contribution in [3.63, 3.8) is 0 Å². The second-order valence-corrected chi connectivity index (χ2v) is 8.50. The van der Waals surface area contributed by atoms with Crippen molar-refractivity contribution in [2.24, 2.45) is 0 Å². The van der Waals surface area contributed by atoms with E-state index in [0.29, 0.717) is 11.3 Å². The standard InChI is InChI=1S/C27H29N5O2/c1-5-21(6-2)32-25-15-22(31-14-13-29-17-31)11-12-23(25)24(16-28)26(32)19-7-9-20(10-8-19)30-27(33)34-18(3)4/h7-15,17-18,21H,5-6H2,1-4H3,(H,30,33). The minimum Gasteiger partial charge on any atom is -0.447 e. The van der Waals surface area contributed by atoms with Gasteiger partial charge in [0.2, 0.25) is 0 Å². The van der Waals surface area contributed by atoms with E-state index in [-0.39, 0.29) is 12.1 Å². The summed E-state index contributed by atoms with van der Waals surface area (Å²) < 4.78 is 9.42. The molecule has 0 spiro atoms. The van der Waals surface area contributed by atoms with E-state index in [0.717, 1.165) is 40.7 Å². The molecular formula is C27H29N5O2. The van der Waals surface area contributed by atoms with E-state index >= 15 is 0 Å². The van der Waals surface area contributed by atoms with Gasteiger partial charge in [-0.05, 0) is 62.6 Å². The van der Waals surface area contributed by atoms with Gasteiger partial charge in [0.25, 0.3) is 0 Å². The summed E-state index contributed by atoms with van der Waals surface area (Å²) in [6, 6.07) is 16.4. The number of nitrogens with one attached hydrogen (secondary N) is 1. The van der Waals surface area contributed by atoms with Gasteiger partial charge in [-0.3, -0.25) is 5.32 Å². The Hall–Kier alpha value is -4.05. The molecule has 174 valence electrons. The highest BCUT2D eigenvalue weighted by Gasteiger charge is 2.23. The summed E-state index contributed by atoms with van der Waals surface area (Å²) in [6.45, 7) is 7.95. The van der Waals surface area contributed by atoms with Crippen LogP contribution in [0.5, 0.6) is 0 Å². The molecule has 2 heterocycles. The van der Waals surface area contributed by atoms with Crippen LogP contribution in [-0.4, -0.2) is 26.3 Å². The molecule has 34 heavy (non-hydrogen) atoms. The molecule has 2 aromatic carbocycles. The number of aromatic nitrogens is 3. The molecule has 4 aromatic rings. The normalized spacial score (nSPS) is 11.2. The molecule has 0 radical (unpaired) electrons. The van der Waals surface area contributed by atoms with E-state index in [1.807, 2.05) is 47.2 Å². The van der Waals surface area contributed by atoms with Crippen molar-refractivity contribution in [3.8, 4) is 23.0 Å². The van der Waals surface area contributed by atoms with Crippen LogP contribution in [0.4, 0.5) is 10.5 Å². The number of imidazole rings is 1. The molecule has 7 nitrogen and oxygen atoms in total. The molecule has 0 fully saturated rings.